The Labute approximate surface area is 121 Å². The predicted molar refractivity (Wildman–Crippen MR) is 80.5 cm³/mol. The van der Waals surface area contributed by atoms with Crippen LogP contribution in [0.3, 0.4) is 0 Å². The molecule has 1 aromatic rings. The average Bonchev–Trinajstić information content (AvgIpc) is 2.48. The highest BCUT2D eigenvalue weighted by molar-refractivity contribution is 5.77. The lowest BCUT2D eigenvalue weighted by atomic mass is 9.91. The van der Waals surface area contributed by atoms with Gasteiger partial charge in [-0.3, -0.25) is 4.79 Å². The van der Waals surface area contributed by atoms with Crippen molar-refractivity contribution in [3.8, 4) is 0 Å². The molecule has 0 saturated carbocycles. The van der Waals surface area contributed by atoms with E-state index in [2.05, 4.69) is 41.4 Å². The van der Waals surface area contributed by atoms with Gasteiger partial charge in [-0.2, -0.15) is 0 Å². The summed E-state index contributed by atoms with van der Waals surface area (Å²) >= 11 is 0. The van der Waals surface area contributed by atoms with Crippen molar-refractivity contribution in [1.29, 1.82) is 0 Å². The first-order chi connectivity index (χ1) is 9.74. The fourth-order valence-electron chi connectivity index (χ4n) is 3.34. The molecule has 0 aliphatic carbocycles. The van der Waals surface area contributed by atoms with Gasteiger partial charge in [0, 0.05) is 25.6 Å². The van der Waals surface area contributed by atoms with E-state index in [0.29, 0.717) is 12.3 Å². The Kier molecular flexibility index (Phi) is 4.06. The molecule has 20 heavy (non-hydrogen) atoms. The first kappa shape index (κ1) is 13.6. The van der Waals surface area contributed by atoms with Crippen LogP contribution in [-0.2, 0) is 11.2 Å². The van der Waals surface area contributed by atoms with Crippen molar-refractivity contribution in [2.45, 2.75) is 38.6 Å². The van der Waals surface area contributed by atoms with E-state index in [-0.39, 0.29) is 6.04 Å². The summed E-state index contributed by atoms with van der Waals surface area (Å²) in [5.74, 6) is 1.08. The van der Waals surface area contributed by atoms with Crippen LogP contribution in [0.5, 0.6) is 0 Å². The van der Waals surface area contributed by atoms with Gasteiger partial charge >= 0.3 is 0 Å². The molecule has 1 N–H and O–H groups in total. The Bertz CT molecular complexity index is 478. The number of fused-ring (bicyclic) bond motifs is 1. The highest BCUT2D eigenvalue weighted by atomic mass is 16.2. The predicted octanol–water partition coefficient (Wildman–Crippen LogP) is 2.52. The van der Waals surface area contributed by atoms with E-state index in [9.17, 15) is 4.79 Å². The summed E-state index contributed by atoms with van der Waals surface area (Å²) in [6.45, 7) is 5.13. The van der Waals surface area contributed by atoms with Crippen LogP contribution in [0.25, 0.3) is 0 Å². The molecule has 2 aliphatic heterocycles. The third kappa shape index (κ3) is 2.88. The standard InChI is InChI=1S/C17H24N2O/c1-13-7-10-19(11-8-13)17(20)12-16-15-5-3-2-4-14(15)6-9-18-16/h2-5,13,16,18H,6-12H2,1H3. The fraction of sp³-hybridized carbons (Fsp3) is 0.588. The van der Waals surface area contributed by atoms with Gasteiger partial charge in [-0.25, -0.2) is 0 Å². The number of piperidine rings is 1. The average molecular weight is 272 g/mol. The number of benzene rings is 1. The minimum absolute atomic E-state index is 0.201. The Balaban J connectivity index is 1.65. The van der Waals surface area contributed by atoms with Gasteiger partial charge in [0.25, 0.3) is 0 Å². The van der Waals surface area contributed by atoms with Gasteiger partial charge in [0.05, 0.1) is 0 Å². The first-order valence-corrected chi connectivity index (χ1v) is 7.83. The van der Waals surface area contributed by atoms with Crippen molar-refractivity contribution in [2.24, 2.45) is 5.92 Å². The van der Waals surface area contributed by atoms with Gasteiger partial charge < -0.3 is 10.2 Å². The molecule has 3 rings (SSSR count). The van der Waals surface area contributed by atoms with Crippen LogP contribution in [0, 0.1) is 5.92 Å². The lowest BCUT2D eigenvalue weighted by molar-refractivity contribution is -0.133. The molecule has 3 heteroatoms. The second-order valence-electron chi connectivity index (χ2n) is 6.22. The molecule has 3 nitrogen and oxygen atoms in total. The SMILES string of the molecule is CC1CCN(C(=O)CC2NCCc3ccccc32)CC1. The summed E-state index contributed by atoms with van der Waals surface area (Å²) in [5, 5.41) is 3.51. The second-order valence-corrected chi connectivity index (χ2v) is 6.22. The molecular weight excluding hydrogens is 248 g/mol. The van der Waals surface area contributed by atoms with Gasteiger partial charge in [-0.05, 0) is 42.9 Å². The van der Waals surface area contributed by atoms with Gasteiger partial charge in [0.15, 0.2) is 0 Å². The van der Waals surface area contributed by atoms with Crippen molar-refractivity contribution in [3.63, 3.8) is 0 Å². The summed E-state index contributed by atoms with van der Waals surface area (Å²) in [6.07, 6.45) is 3.98. The van der Waals surface area contributed by atoms with E-state index in [1.807, 2.05) is 0 Å². The maximum absolute atomic E-state index is 12.5. The van der Waals surface area contributed by atoms with E-state index < -0.39 is 0 Å². The smallest absolute Gasteiger partial charge is 0.224 e. The topological polar surface area (TPSA) is 32.3 Å². The quantitative estimate of drug-likeness (QED) is 0.897. The van der Waals surface area contributed by atoms with Crippen molar-refractivity contribution in [2.75, 3.05) is 19.6 Å². The van der Waals surface area contributed by atoms with Crippen molar-refractivity contribution < 1.29 is 4.79 Å². The number of rotatable bonds is 2. The molecule has 0 spiro atoms. The molecule has 2 aliphatic rings. The number of nitrogens with zero attached hydrogens (tertiary/aromatic N) is 1. The molecule has 1 saturated heterocycles. The van der Waals surface area contributed by atoms with Crippen molar-refractivity contribution >= 4 is 5.91 Å². The summed E-state index contributed by atoms with van der Waals surface area (Å²) in [5.41, 5.74) is 2.72. The van der Waals surface area contributed by atoms with Crippen LogP contribution in [0.15, 0.2) is 24.3 Å². The number of carbonyl (C=O) groups excluding carboxylic acids is 1. The molecule has 108 valence electrons. The number of nitrogens with one attached hydrogen (secondary N) is 1. The number of amides is 1. The van der Waals surface area contributed by atoms with Crippen LogP contribution in [0.2, 0.25) is 0 Å². The zero-order valence-corrected chi connectivity index (χ0v) is 12.3. The Morgan fingerprint density at radius 1 is 1.30 bits per heavy atom. The molecule has 0 radical (unpaired) electrons. The third-order valence-corrected chi connectivity index (χ3v) is 4.73. The zero-order valence-electron chi connectivity index (χ0n) is 12.3. The van der Waals surface area contributed by atoms with Crippen LogP contribution < -0.4 is 5.32 Å². The number of hydrogen-bond acceptors (Lipinski definition) is 2. The van der Waals surface area contributed by atoms with E-state index in [1.165, 1.54) is 11.1 Å². The van der Waals surface area contributed by atoms with Crippen molar-refractivity contribution in [1.82, 2.24) is 10.2 Å². The summed E-state index contributed by atoms with van der Waals surface area (Å²) in [6, 6.07) is 8.72. The summed E-state index contributed by atoms with van der Waals surface area (Å²) < 4.78 is 0. The van der Waals surface area contributed by atoms with Gasteiger partial charge in [-0.1, -0.05) is 31.2 Å². The van der Waals surface area contributed by atoms with E-state index in [1.54, 1.807) is 0 Å². The number of carbonyl (C=O) groups is 1. The molecule has 0 bridgehead atoms. The van der Waals surface area contributed by atoms with E-state index >= 15 is 0 Å². The third-order valence-electron chi connectivity index (χ3n) is 4.73. The van der Waals surface area contributed by atoms with Crippen LogP contribution in [-0.4, -0.2) is 30.4 Å². The van der Waals surface area contributed by atoms with E-state index in [4.69, 9.17) is 0 Å². The number of likely N-dealkylation sites (tertiary alicyclic amines) is 1. The molecule has 1 atom stereocenters. The monoisotopic (exact) mass is 272 g/mol. The number of hydrogen-bond donors (Lipinski definition) is 1. The lowest BCUT2D eigenvalue weighted by Crippen LogP contribution is -2.41. The van der Waals surface area contributed by atoms with Gasteiger partial charge in [0.1, 0.15) is 0 Å². The fourth-order valence-corrected chi connectivity index (χ4v) is 3.34. The summed E-state index contributed by atoms with van der Waals surface area (Å²) in [7, 11) is 0. The van der Waals surface area contributed by atoms with E-state index in [0.717, 1.165) is 44.8 Å². The highest BCUT2D eigenvalue weighted by Gasteiger charge is 2.26. The van der Waals surface area contributed by atoms with Gasteiger partial charge in [-0.15, -0.1) is 0 Å². The molecule has 2 heterocycles. The van der Waals surface area contributed by atoms with Gasteiger partial charge in [0.2, 0.25) is 5.91 Å². The van der Waals surface area contributed by atoms with Crippen LogP contribution in [0.1, 0.15) is 43.4 Å². The first-order valence-electron chi connectivity index (χ1n) is 7.83. The Morgan fingerprint density at radius 3 is 2.85 bits per heavy atom. The maximum Gasteiger partial charge on any atom is 0.224 e. The van der Waals surface area contributed by atoms with Crippen LogP contribution in [0.4, 0.5) is 0 Å². The largest absolute Gasteiger partial charge is 0.343 e. The normalized spacial score (nSPS) is 23.4. The maximum atomic E-state index is 12.5. The second kappa shape index (κ2) is 5.96. The molecule has 1 fully saturated rings. The molecule has 1 unspecified atom stereocenters. The highest BCUT2D eigenvalue weighted by Crippen LogP contribution is 2.26. The molecular formula is C17H24N2O. The summed E-state index contributed by atoms with van der Waals surface area (Å²) in [4.78, 5) is 14.5. The minimum atomic E-state index is 0.201. The lowest BCUT2D eigenvalue weighted by Gasteiger charge is -2.33. The minimum Gasteiger partial charge on any atom is -0.343 e. The Hall–Kier alpha value is -1.35. The molecule has 1 amide bonds. The molecule has 1 aromatic carbocycles. The van der Waals surface area contributed by atoms with Crippen LogP contribution >= 0.6 is 0 Å². The van der Waals surface area contributed by atoms with Crippen molar-refractivity contribution in [3.05, 3.63) is 35.4 Å². The zero-order chi connectivity index (χ0) is 13.9. The Morgan fingerprint density at radius 2 is 2.05 bits per heavy atom. The molecule has 0 aromatic heterocycles.